The maximum absolute atomic E-state index is 8.96. The molecule has 4 atom stereocenters. The van der Waals surface area contributed by atoms with Crippen molar-refractivity contribution < 1.29 is 30.6 Å². The molecule has 0 aromatic carbocycles. The molecule has 0 heterocycles. The van der Waals surface area contributed by atoms with Crippen molar-refractivity contribution in [3.63, 3.8) is 0 Å². The van der Waals surface area contributed by atoms with Crippen LogP contribution in [-0.4, -0.2) is 68.3 Å². The van der Waals surface area contributed by atoms with E-state index in [4.69, 9.17) is 30.6 Å². The van der Waals surface area contributed by atoms with Crippen molar-refractivity contribution in [2.45, 2.75) is 24.4 Å². The average molecular weight is 194 g/mol. The molecule has 0 spiro atoms. The van der Waals surface area contributed by atoms with Gasteiger partial charge >= 0.3 is 0 Å². The van der Waals surface area contributed by atoms with Crippen LogP contribution >= 0.6 is 0 Å². The average Bonchev–Trinajstić information content (AvgIpc) is 2.12. The molecular formula is C6H14O6. The van der Waals surface area contributed by atoms with Crippen LogP contribution in [0.5, 0.6) is 0 Å². The van der Waals surface area contributed by atoms with Crippen LogP contribution in [0.3, 0.4) is 0 Å². The third kappa shape index (κ3) is 3.02. The topological polar surface area (TPSA) is 121 Å². The van der Waals surface area contributed by atoms with Gasteiger partial charge in [0.1, 0.15) is 24.4 Å². The highest BCUT2D eigenvalue weighted by atomic mass is 16.9. The van der Waals surface area contributed by atoms with Crippen LogP contribution in [-0.2, 0) is 0 Å². The van der Waals surface area contributed by atoms with Gasteiger partial charge in [0.15, 0.2) is 0 Å². The zero-order chi connectivity index (χ0) is 9.72. The van der Waals surface area contributed by atoms with Crippen LogP contribution in [0.15, 0.2) is 0 Å². The smallest absolute Gasteiger partial charge is 0.111 e. The first-order valence-corrected chi connectivity index (χ1v) is 3.48. The Bertz CT molecular complexity index is 105. The van der Waals surface area contributed by atoms with E-state index in [1.165, 1.54) is 0 Å². The summed E-state index contributed by atoms with van der Waals surface area (Å²) in [6, 6.07) is 0. The Hall–Kier alpha value is -0.240. The quantitative estimate of drug-likeness (QED) is 0.269. The van der Waals surface area contributed by atoms with Gasteiger partial charge in [-0.25, -0.2) is 0 Å². The highest BCUT2D eigenvalue weighted by Gasteiger charge is 2.29. The number of aliphatic hydroxyl groups is 6. The van der Waals surface area contributed by atoms with Gasteiger partial charge in [-0.2, -0.15) is 0 Å². The van der Waals surface area contributed by atoms with E-state index in [0.717, 1.165) is 0 Å². The highest BCUT2D eigenvalue weighted by molar-refractivity contribution is 4.79. The summed E-state index contributed by atoms with van der Waals surface area (Å²) in [6.07, 6.45) is -6.39. The van der Waals surface area contributed by atoms with Gasteiger partial charge in [-0.05, 0) is 0 Å². The number of hydrogen-bond donors (Lipinski definition) is 6. The Labute approximate surface area is 69.3 Å². The van der Waals surface area contributed by atoms with E-state index in [0.29, 0.717) is 0 Å². The first kappa shape index (κ1) is 11.8. The number of aliphatic hydroxyl groups excluding tert-OH is 6. The van der Waals surface area contributed by atoms with Gasteiger partial charge in [-0.1, -0.05) is 0 Å². The first-order valence-electron chi connectivity index (χ1n) is 3.48. The van der Waals surface area contributed by atoms with E-state index < -0.39 is 37.6 Å². The van der Waals surface area contributed by atoms with Crippen molar-refractivity contribution >= 4 is 0 Å². The summed E-state index contributed by atoms with van der Waals surface area (Å²) in [4.78, 5) is 0. The lowest BCUT2D eigenvalue weighted by molar-refractivity contribution is -0.123. The minimum atomic E-state index is -1.67. The van der Waals surface area contributed by atoms with E-state index >= 15 is 0 Å². The molecule has 6 N–H and O–H groups in total. The molecule has 0 unspecified atom stereocenters. The molecule has 0 aliphatic carbocycles. The SMILES string of the molecule is O[14CH2][14C@@H](O)[14C@@H](O)[14C@@H](O)[14C@@H](O)[14CH2]O. The van der Waals surface area contributed by atoms with E-state index in [2.05, 4.69) is 0 Å². The molecule has 0 saturated carbocycles. The Balaban J connectivity index is 3.99. The Kier molecular flexibility index (Phi) is 5.31. The van der Waals surface area contributed by atoms with Crippen molar-refractivity contribution in [3.8, 4) is 0 Å². The van der Waals surface area contributed by atoms with Crippen LogP contribution < -0.4 is 0 Å². The second-order valence-electron chi connectivity index (χ2n) is 2.48. The molecule has 12 heavy (non-hydrogen) atoms. The standard InChI is InChI=1S/C6H14O6/c7-1-3(9)5(11)6(12)4(10)2-8/h3-12H,1-2H2/t3-,4+,5-,6+/i1+2,2+2,3+2,4+2,5+2,6+2. The zero-order valence-corrected chi connectivity index (χ0v) is 6.41. The van der Waals surface area contributed by atoms with Crippen molar-refractivity contribution in [1.82, 2.24) is 0 Å². The predicted molar refractivity (Wildman–Crippen MR) is 38.2 cm³/mol. The van der Waals surface area contributed by atoms with E-state index in [-0.39, 0.29) is 0 Å². The van der Waals surface area contributed by atoms with Gasteiger partial charge in [0.05, 0.1) is 13.2 Å². The molecule has 0 aliphatic rings. The fraction of sp³-hybridized carbons (Fsp3) is 1.00. The van der Waals surface area contributed by atoms with Crippen LogP contribution in [0, 0.1) is 0 Å². The Morgan fingerprint density at radius 1 is 0.667 bits per heavy atom. The Morgan fingerprint density at radius 2 is 0.917 bits per heavy atom. The van der Waals surface area contributed by atoms with Crippen LogP contribution in [0.4, 0.5) is 0 Å². The molecule has 0 bridgehead atoms. The fourth-order valence-corrected chi connectivity index (χ4v) is 0.671. The predicted octanol–water partition coefficient (Wildman–Crippen LogP) is -3.59. The molecule has 6 nitrogen and oxygen atoms in total. The molecule has 0 radical (unpaired) electrons. The second kappa shape index (κ2) is 5.41. The summed E-state index contributed by atoms with van der Waals surface area (Å²) in [6.45, 7) is -1.45. The highest BCUT2D eigenvalue weighted by Crippen LogP contribution is 2.03. The minimum Gasteiger partial charge on any atom is -0.394 e. The van der Waals surface area contributed by atoms with Gasteiger partial charge < -0.3 is 30.6 Å². The van der Waals surface area contributed by atoms with Gasteiger partial charge in [0, 0.05) is 0 Å². The minimum absolute atomic E-state index is 0.726. The zero-order valence-electron chi connectivity index (χ0n) is 6.41. The number of hydrogen-bond acceptors (Lipinski definition) is 6. The second-order valence-corrected chi connectivity index (χ2v) is 2.48. The maximum atomic E-state index is 8.96. The lowest BCUT2D eigenvalue weighted by Crippen LogP contribution is -2.46. The normalized spacial score (nSPS) is 21.5. The van der Waals surface area contributed by atoms with Crippen molar-refractivity contribution in [1.29, 1.82) is 0 Å². The van der Waals surface area contributed by atoms with Crippen LogP contribution in [0.25, 0.3) is 0 Å². The summed E-state index contributed by atoms with van der Waals surface area (Å²) in [5.41, 5.74) is 0. The van der Waals surface area contributed by atoms with Gasteiger partial charge in [-0.3, -0.25) is 0 Å². The molecule has 0 saturated heterocycles. The third-order valence-corrected chi connectivity index (χ3v) is 1.51. The molecule has 0 aromatic rings. The van der Waals surface area contributed by atoms with Crippen LogP contribution in [0.2, 0.25) is 0 Å². The summed E-state index contributed by atoms with van der Waals surface area (Å²) in [5, 5.41) is 52.2. The van der Waals surface area contributed by atoms with E-state index in [9.17, 15) is 0 Å². The monoisotopic (exact) mass is 194 g/mol. The number of rotatable bonds is 5. The summed E-state index contributed by atoms with van der Waals surface area (Å²) in [7, 11) is 0. The summed E-state index contributed by atoms with van der Waals surface area (Å²) < 4.78 is 0. The van der Waals surface area contributed by atoms with Crippen LogP contribution in [0.1, 0.15) is 0 Å². The molecule has 0 fully saturated rings. The fourth-order valence-electron chi connectivity index (χ4n) is 0.671. The molecule has 0 rings (SSSR count). The molecular weight excluding hydrogens is 180 g/mol. The van der Waals surface area contributed by atoms with E-state index in [1.54, 1.807) is 0 Å². The molecule has 74 valence electrons. The molecule has 6 heteroatoms. The van der Waals surface area contributed by atoms with Crippen molar-refractivity contribution in [2.75, 3.05) is 13.2 Å². The first-order chi connectivity index (χ1) is 5.54. The molecule has 0 aromatic heterocycles. The molecule has 0 amide bonds. The van der Waals surface area contributed by atoms with E-state index in [1.807, 2.05) is 0 Å². The van der Waals surface area contributed by atoms with Crippen molar-refractivity contribution in [2.24, 2.45) is 0 Å². The third-order valence-electron chi connectivity index (χ3n) is 1.51. The maximum Gasteiger partial charge on any atom is 0.111 e. The van der Waals surface area contributed by atoms with Crippen molar-refractivity contribution in [3.05, 3.63) is 0 Å². The lowest BCUT2D eigenvalue weighted by Gasteiger charge is -2.24. The lowest BCUT2D eigenvalue weighted by atomic mass is 12.0. The van der Waals surface area contributed by atoms with Gasteiger partial charge in [-0.15, -0.1) is 0 Å². The van der Waals surface area contributed by atoms with Gasteiger partial charge in [0.2, 0.25) is 0 Å². The summed E-state index contributed by atoms with van der Waals surface area (Å²) >= 11 is 0. The largest absolute Gasteiger partial charge is 0.394 e. The van der Waals surface area contributed by atoms with Gasteiger partial charge in [0.25, 0.3) is 0 Å². The molecule has 0 aliphatic heterocycles. The summed E-state index contributed by atoms with van der Waals surface area (Å²) in [5.74, 6) is 0. The Morgan fingerprint density at radius 3 is 1.08 bits per heavy atom.